The first kappa shape index (κ1) is 16.9. The summed E-state index contributed by atoms with van der Waals surface area (Å²) >= 11 is 0. The zero-order valence-corrected chi connectivity index (χ0v) is 13.4. The highest BCUT2D eigenvalue weighted by Gasteiger charge is 2.25. The molecule has 0 bridgehead atoms. The van der Waals surface area contributed by atoms with E-state index in [0.29, 0.717) is 38.3 Å². The third-order valence-corrected chi connectivity index (χ3v) is 3.56. The van der Waals surface area contributed by atoms with Gasteiger partial charge in [0, 0.05) is 31.7 Å². The lowest BCUT2D eigenvalue weighted by Gasteiger charge is -2.34. The molecule has 2 amide bonds. The summed E-state index contributed by atoms with van der Waals surface area (Å²) in [6.07, 6.45) is 1.17. The van der Waals surface area contributed by atoms with Gasteiger partial charge in [-0.3, -0.25) is 4.79 Å². The summed E-state index contributed by atoms with van der Waals surface area (Å²) in [5, 5.41) is 0. The Balaban J connectivity index is 1.87. The third kappa shape index (κ3) is 4.48. The van der Waals surface area contributed by atoms with Crippen LogP contribution < -0.4 is 4.74 Å². The van der Waals surface area contributed by atoms with Crippen LogP contribution in [0.25, 0.3) is 0 Å². The van der Waals surface area contributed by atoms with Crippen LogP contribution in [0, 0.1) is 0 Å². The monoisotopic (exact) mass is 318 g/mol. The van der Waals surface area contributed by atoms with E-state index in [0.717, 1.165) is 5.75 Å². The standard InChI is InChI=1S/C17H22N2O4/c1-3-13-23-17(21)19-11-9-18(10-12-19)16(20)14-5-7-15(8-6-14)22-4-2/h3,5-8H,1,4,9-13H2,2H3. The molecule has 0 unspecified atom stereocenters. The number of ether oxygens (including phenoxy) is 2. The maximum absolute atomic E-state index is 12.5. The molecule has 1 aliphatic heterocycles. The Labute approximate surface area is 136 Å². The Morgan fingerprint density at radius 2 is 1.74 bits per heavy atom. The predicted octanol–water partition coefficient (Wildman–Crippen LogP) is 2.17. The van der Waals surface area contributed by atoms with Gasteiger partial charge in [0.25, 0.3) is 5.91 Å². The summed E-state index contributed by atoms with van der Waals surface area (Å²) in [4.78, 5) is 27.5. The Bertz CT molecular complexity index is 548. The number of nitrogens with zero attached hydrogens (tertiary/aromatic N) is 2. The van der Waals surface area contributed by atoms with Gasteiger partial charge in [-0.25, -0.2) is 4.79 Å². The van der Waals surface area contributed by atoms with Crippen LogP contribution in [-0.4, -0.2) is 61.2 Å². The second-order valence-corrected chi connectivity index (χ2v) is 5.10. The molecule has 6 nitrogen and oxygen atoms in total. The van der Waals surface area contributed by atoms with Crippen molar-refractivity contribution >= 4 is 12.0 Å². The van der Waals surface area contributed by atoms with Crippen LogP contribution in [0.4, 0.5) is 4.79 Å². The number of hydrogen-bond acceptors (Lipinski definition) is 4. The minimum Gasteiger partial charge on any atom is -0.494 e. The van der Waals surface area contributed by atoms with Gasteiger partial charge in [-0.1, -0.05) is 12.7 Å². The quantitative estimate of drug-likeness (QED) is 0.781. The van der Waals surface area contributed by atoms with Crippen molar-refractivity contribution in [2.45, 2.75) is 6.92 Å². The van der Waals surface area contributed by atoms with Gasteiger partial charge in [-0.05, 0) is 31.2 Å². The van der Waals surface area contributed by atoms with Crippen molar-refractivity contribution in [2.24, 2.45) is 0 Å². The van der Waals surface area contributed by atoms with Crippen LogP contribution in [0.15, 0.2) is 36.9 Å². The molecule has 124 valence electrons. The van der Waals surface area contributed by atoms with Crippen molar-refractivity contribution in [1.82, 2.24) is 9.80 Å². The molecular weight excluding hydrogens is 296 g/mol. The van der Waals surface area contributed by atoms with E-state index in [2.05, 4.69) is 6.58 Å². The van der Waals surface area contributed by atoms with E-state index in [9.17, 15) is 9.59 Å². The van der Waals surface area contributed by atoms with Crippen molar-refractivity contribution in [3.63, 3.8) is 0 Å². The molecule has 0 spiro atoms. The summed E-state index contributed by atoms with van der Waals surface area (Å²) in [5.74, 6) is 0.714. The fourth-order valence-electron chi connectivity index (χ4n) is 2.36. The summed E-state index contributed by atoms with van der Waals surface area (Å²) in [6.45, 7) is 8.15. The van der Waals surface area contributed by atoms with E-state index >= 15 is 0 Å². The Hall–Kier alpha value is -2.50. The highest BCUT2D eigenvalue weighted by atomic mass is 16.6. The first-order valence-corrected chi connectivity index (χ1v) is 7.70. The van der Waals surface area contributed by atoms with Crippen molar-refractivity contribution in [3.8, 4) is 5.75 Å². The number of amides is 2. The SMILES string of the molecule is C=CCOC(=O)N1CCN(C(=O)c2ccc(OCC)cc2)CC1. The molecule has 0 aliphatic carbocycles. The van der Waals surface area contributed by atoms with Crippen molar-refractivity contribution < 1.29 is 19.1 Å². The molecule has 0 N–H and O–H groups in total. The fourth-order valence-corrected chi connectivity index (χ4v) is 2.36. The fraction of sp³-hybridized carbons (Fsp3) is 0.412. The number of piperazine rings is 1. The van der Waals surface area contributed by atoms with E-state index in [-0.39, 0.29) is 18.6 Å². The minimum atomic E-state index is -0.363. The molecular formula is C17H22N2O4. The maximum Gasteiger partial charge on any atom is 0.410 e. The highest BCUT2D eigenvalue weighted by molar-refractivity contribution is 5.94. The van der Waals surface area contributed by atoms with Crippen LogP contribution in [0.3, 0.4) is 0 Å². The largest absolute Gasteiger partial charge is 0.494 e. The lowest BCUT2D eigenvalue weighted by atomic mass is 10.1. The summed E-state index contributed by atoms with van der Waals surface area (Å²) in [5.41, 5.74) is 0.621. The number of carbonyl (C=O) groups is 2. The lowest BCUT2D eigenvalue weighted by molar-refractivity contribution is 0.0581. The van der Waals surface area contributed by atoms with Gasteiger partial charge in [0.1, 0.15) is 12.4 Å². The summed E-state index contributed by atoms with van der Waals surface area (Å²) in [6, 6.07) is 7.11. The molecule has 6 heteroatoms. The zero-order valence-electron chi connectivity index (χ0n) is 13.4. The molecule has 1 aromatic carbocycles. The van der Waals surface area contributed by atoms with Crippen LogP contribution in [0.2, 0.25) is 0 Å². The van der Waals surface area contributed by atoms with E-state index in [1.165, 1.54) is 6.08 Å². The summed E-state index contributed by atoms with van der Waals surface area (Å²) < 4.78 is 10.4. The average Bonchev–Trinajstić information content (AvgIpc) is 2.60. The Morgan fingerprint density at radius 1 is 1.13 bits per heavy atom. The minimum absolute atomic E-state index is 0.0350. The van der Waals surface area contributed by atoms with Gasteiger partial charge in [-0.15, -0.1) is 0 Å². The molecule has 1 aromatic rings. The lowest BCUT2D eigenvalue weighted by Crippen LogP contribution is -2.50. The Kier molecular flexibility index (Phi) is 6.02. The first-order valence-electron chi connectivity index (χ1n) is 7.70. The van der Waals surface area contributed by atoms with E-state index in [4.69, 9.17) is 9.47 Å². The van der Waals surface area contributed by atoms with Crippen LogP contribution in [0.1, 0.15) is 17.3 Å². The molecule has 23 heavy (non-hydrogen) atoms. The average molecular weight is 318 g/mol. The number of benzene rings is 1. The Morgan fingerprint density at radius 3 is 2.30 bits per heavy atom. The molecule has 2 rings (SSSR count). The molecule has 1 aliphatic rings. The molecule has 1 heterocycles. The van der Waals surface area contributed by atoms with Crippen LogP contribution in [0.5, 0.6) is 5.75 Å². The molecule has 1 fully saturated rings. The van der Waals surface area contributed by atoms with Gasteiger partial charge in [-0.2, -0.15) is 0 Å². The van der Waals surface area contributed by atoms with Gasteiger partial charge < -0.3 is 19.3 Å². The van der Waals surface area contributed by atoms with Crippen LogP contribution >= 0.6 is 0 Å². The van der Waals surface area contributed by atoms with Gasteiger partial charge in [0.05, 0.1) is 6.61 Å². The van der Waals surface area contributed by atoms with Gasteiger partial charge >= 0.3 is 6.09 Å². The molecule has 0 atom stereocenters. The predicted molar refractivity (Wildman–Crippen MR) is 86.6 cm³/mol. The van der Waals surface area contributed by atoms with Crippen molar-refractivity contribution in [3.05, 3.63) is 42.5 Å². The molecule has 0 radical (unpaired) electrons. The normalized spacial score (nSPS) is 14.3. The highest BCUT2D eigenvalue weighted by Crippen LogP contribution is 2.15. The van der Waals surface area contributed by atoms with E-state index in [1.54, 1.807) is 34.1 Å². The van der Waals surface area contributed by atoms with E-state index in [1.807, 2.05) is 6.92 Å². The topological polar surface area (TPSA) is 59.1 Å². The zero-order chi connectivity index (χ0) is 16.7. The third-order valence-electron chi connectivity index (χ3n) is 3.56. The molecule has 0 aromatic heterocycles. The van der Waals surface area contributed by atoms with Crippen LogP contribution in [-0.2, 0) is 4.74 Å². The second-order valence-electron chi connectivity index (χ2n) is 5.10. The maximum atomic E-state index is 12.5. The van der Waals surface area contributed by atoms with Gasteiger partial charge in [0.15, 0.2) is 0 Å². The second kappa shape index (κ2) is 8.22. The van der Waals surface area contributed by atoms with Crippen molar-refractivity contribution in [1.29, 1.82) is 0 Å². The van der Waals surface area contributed by atoms with Crippen molar-refractivity contribution in [2.75, 3.05) is 39.4 Å². The number of rotatable bonds is 5. The first-order chi connectivity index (χ1) is 11.2. The molecule has 0 saturated carbocycles. The number of carbonyl (C=O) groups excluding carboxylic acids is 2. The van der Waals surface area contributed by atoms with E-state index < -0.39 is 0 Å². The number of hydrogen-bond donors (Lipinski definition) is 0. The summed E-state index contributed by atoms with van der Waals surface area (Å²) in [7, 11) is 0. The smallest absolute Gasteiger partial charge is 0.410 e. The van der Waals surface area contributed by atoms with Gasteiger partial charge in [0.2, 0.25) is 0 Å². The molecule has 1 saturated heterocycles.